The molecule has 3 heterocycles. The van der Waals surface area contributed by atoms with Gasteiger partial charge in [-0.2, -0.15) is 5.10 Å². The maximum atomic E-state index is 12.1. The minimum atomic E-state index is -0.0511. The zero-order valence-electron chi connectivity index (χ0n) is 13.9. The Morgan fingerprint density at radius 1 is 1.29 bits per heavy atom. The number of likely N-dealkylation sites (tertiary alicyclic amines) is 1. The predicted octanol–water partition coefficient (Wildman–Crippen LogP) is 2.68. The van der Waals surface area contributed by atoms with Crippen LogP contribution in [0.15, 0.2) is 17.2 Å². The van der Waals surface area contributed by atoms with Crippen molar-refractivity contribution in [2.75, 3.05) is 13.1 Å². The van der Waals surface area contributed by atoms with Crippen LogP contribution in [-0.4, -0.2) is 37.3 Å². The molecule has 3 rings (SSSR count). The summed E-state index contributed by atoms with van der Waals surface area (Å²) in [5.74, 6) is 1.12. The monoisotopic (exact) mass is 369 g/mol. The number of piperidine rings is 1. The summed E-state index contributed by atoms with van der Waals surface area (Å²) in [5, 5.41) is 5.64. The van der Waals surface area contributed by atoms with E-state index in [-0.39, 0.29) is 11.6 Å². The Morgan fingerprint density at radius 3 is 2.67 bits per heavy atom. The van der Waals surface area contributed by atoms with Crippen LogP contribution >= 0.6 is 23.2 Å². The van der Waals surface area contributed by atoms with E-state index in [0.717, 1.165) is 37.3 Å². The molecule has 0 aliphatic carbocycles. The second kappa shape index (κ2) is 7.25. The van der Waals surface area contributed by atoms with Crippen molar-refractivity contribution in [3.05, 3.63) is 44.3 Å². The predicted molar refractivity (Wildman–Crippen MR) is 94.7 cm³/mol. The minimum absolute atomic E-state index is 0.0511. The zero-order chi connectivity index (χ0) is 17.3. The number of nitrogens with zero attached hydrogens (tertiary/aromatic N) is 5. The topological polar surface area (TPSA) is 56.0 Å². The lowest BCUT2D eigenvalue weighted by Gasteiger charge is -2.32. The van der Waals surface area contributed by atoms with Crippen molar-refractivity contribution in [1.29, 1.82) is 0 Å². The number of hydrogen-bond donors (Lipinski definition) is 0. The molecule has 0 saturated carbocycles. The Balaban J connectivity index is 1.80. The van der Waals surface area contributed by atoms with E-state index in [9.17, 15) is 4.79 Å². The molecule has 1 atom stereocenters. The summed E-state index contributed by atoms with van der Waals surface area (Å²) in [6.07, 6.45) is 5.33. The maximum absolute atomic E-state index is 12.1. The lowest BCUT2D eigenvalue weighted by atomic mass is 9.96. The summed E-state index contributed by atoms with van der Waals surface area (Å²) in [6, 6.07) is 0. The number of hydrogen-bond acceptors (Lipinski definition) is 4. The lowest BCUT2D eigenvalue weighted by Crippen LogP contribution is -2.35. The fraction of sp³-hybridized carbons (Fsp3) is 0.562. The Kier molecular flexibility index (Phi) is 5.27. The summed E-state index contributed by atoms with van der Waals surface area (Å²) in [5.41, 5.74) is 0.854. The van der Waals surface area contributed by atoms with E-state index in [4.69, 9.17) is 23.2 Å². The Hall–Kier alpha value is -1.37. The third-order valence-electron chi connectivity index (χ3n) is 4.56. The second-order valence-corrected chi connectivity index (χ2v) is 6.98. The van der Waals surface area contributed by atoms with Gasteiger partial charge in [-0.1, -0.05) is 23.2 Å². The van der Waals surface area contributed by atoms with Gasteiger partial charge in [-0.3, -0.25) is 14.5 Å². The molecule has 130 valence electrons. The van der Waals surface area contributed by atoms with Gasteiger partial charge in [0.05, 0.1) is 10.0 Å². The van der Waals surface area contributed by atoms with Crippen molar-refractivity contribution < 1.29 is 0 Å². The number of rotatable bonds is 4. The highest BCUT2D eigenvalue weighted by atomic mass is 35.5. The van der Waals surface area contributed by atoms with Crippen LogP contribution in [0.5, 0.6) is 0 Å². The van der Waals surface area contributed by atoms with Gasteiger partial charge in [-0.15, -0.1) is 0 Å². The molecule has 2 aromatic heterocycles. The molecule has 0 amide bonds. The van der Waals surface area contributed by atoms with Crippen molar-refractivity contribution >= 4 is 23.2 Å². The molecule has 1 saturated heterocycles. The number of aryl methyl sites for hydroxylation is 1. The molecule has 0 aromatic carbocycles. The van der Waals surface area contributed by atoms with Crippen LogP contribution in [0.3, 0.4) is 0 Å². The molecule has 0 N–H and O–H groups in total. The third kappa shape index (κ3) is 3.36. The van der Waals surface area contributed by atoms with Gasteiger partial charge in [0.2, 0.25) is 0 Å². The van der Waals surface area contributed by atoms with E-state index in [1.165, 1.54) is 4.68 Å². The summed E-state index contributed by atoms with van der Waals surface area (Å²) < 4.78 is 3.19. The van der Waals surface area contributed by atoms with Gasteiger partial charge in [0.25, 0.3) is 0 Å². The maximum Gasteiger partial charge on any atom is 0.345 e. The van der Waals surface area contributed by atoms with E-state index in [2.05, 4.69) is 15.0 Å². The second-order valence-electron chi connectivity index (χ2n) is 6.16. The van der Waals surface area contributed by atoms with Crippen LogP contribution in [0.25, 0.3) is 0 Å². The summed E-state index contributed by atoms with van der Waals surface area (Å²) in [7, 11) is 1.70. The van der Waals surface area contributed by atoms with Gasteiger partial charge in [-0.05, 0) is 26.3 Å². The number of aromatic nitrogens is 4. The van der Waals surface area contributed by atoms with E-state index in [0.29, 0.717) is 23.1 Å². The highest BCUT2D eigenvalue weighted by molar-refractivity contribution is 6.35. The van der Waals surface area contributed by atoms with Crippen molar-refractivity contribution in [2.45, 2.75) is 38.8 Å². The summed E-state index contributed by atoms with van der Waals surface area (Å²) in [6.45, 7) is 5.12. The molecule has 6 nitrogen and oxygen atoms in total. The van der Waals surface area contributed by atoms with Crippen molar-refractivity contribution in [3.8, 4) is 0 Å². The van der Waals surface area contributed by atoms with E-state index in [1.807, 2.05) is 6.92 Å². The quantitative estimate of drug-likeness (QED) is 0.831. The average Bonchev–Trinajstić information content (AvgIpc) is 2.86. The van der Waals surface area contributed by atoms with E-state index in [1.54, 1.807) is 24.0 Å². The Labute approximate surface area is 151 Å². The van der Waals surface area contributed by atoms with E-state index < -0.39 is 0 Å². The van der Waals surface area contributed by atoms with Crippen LogP contribution < -0.4 is 5.69 Å². The lowest BCUT2D eigenvalue weighted by molar-refractivity contribution is 0.194. The molecule has 0 spiro atoms. The van der Waals surface area contributed by atoms with Gasteiger partial charge in [0.1, 0.15) is 5.82 Å². The first-order chi connectivity index (χ1) is 11.5. The Bertz CT molecular complexity index is 765. The highest BCUT2D eigenvalue weighted by Gasteiger charge is 2.27. The molecule has 1 aliphatic heterocycles. The number of halogens is 2. The molecule has 0 bridgehead atoms. The van der Waals surface area contributed by atoms with Gasteiger partial charge in [0, 0.05) is 50.6 Å². The van der Waals surface area contributed by atoms with Crippen LogP contribution in [0.2, 0.25) is 10.0 Å². The normalized spacial score (nSPS) is 18.9. The molecule has 8 heteroatoms. The molecule has 0 radical (unpaired) electrons. The standard InChI is InChI=1S/C16H21Cl2N5O/c1-3-23-15(20-21(2)16(23)24)11-5-4-6-22(9-11)10-12-13(17)7-19-8-14(12)18/h7-8,11H,3-6,9-10H2,1-2H3. The van der Waals surface area contributed by atoms with Crippen molar-refractivity contribution in [1.82, 2.24) is 24.2 Å². The zero-order valence-corrected chi connectivity index (χ0v) is 15.4. The molecular formula is C16H21Cl2N5O. The summed E-state index contributed by atoms with van der Waals surface area (Å²) in [4.78, 5) is 18.5. The van der Waals surface area contributed by atoms with Crippen LogP contribution in [-0.2, 0) is 20.1 Å². The third-order valence-corrected chi connectivity index (χ3v) is 5.21. The first-order valence-electron chi connectivity index (χ1n) is 8.15. The van der Waals surface area contributed by atoms with E-state index >= 15 is 0 Å². The molecule has 1 fully saturated rings. The van der Waals surface area contributed by atoms with Gasteiger partial charge in [-0.25, -0.2) is 9.48 Å². The highest BCUT2D eigenvalue weighted by Crippen LogP contribution is 2.29. The average molecular weight is 370 g/mol. The minimum Gasteiger partial charge on any atom is -0.298 e. The first kappa shape index (κ1) is 17.5. The molecular weight excluding hydrogens is 349 g/mol. The molecule has 1 unspecified atom stereocenters. The fourth-order valence-electron chi connectivity index (χ4n) is 3.35. The first-order valence-corrected chi connectivity index (χ1v) is 8.90. The smallest absolute Gasteiger partial charge is 0.298 e. The van der Waals surface area contributed by atoms with Crippen LogP contribution in [0.1, 0.15) is 37.1 Å². The van der Waals surface area contributed by atoms with Crippen LogP contribution in [0, 0.1) is 0 Å². The molecule has 1 aliphatic rings. The Morgan fingerprint density at radius 2 is 2.00 bits per heavy atom. The van der Waals surface area contributed by atoms with Gasteiger partial charge in [0.15, 0.2) is 0 Å². The summed E-state index contributed by atoms with van der Waals surface area (Å²) >= 11 is 12.5. The van der Waals surface area contributed by atoms with Crippen molar-refractivity contribution in [2.24, 2.45) is 7.05 Å². The van der Waals surface area contributed by atoms with Crippen molar-refractivity contribution in [3.63, 3.8) is 0 Å². The number of pyridine rings is 1. The largest absolute Gasteiger partial charge is 0.345 e. The molecule has 24 heavy (non-hydrogen) atoms. The van der Waals surface area contributed by atoms with Gasteiger partial charge < -0.3 is 0 Å². The van der Waals surface area contributed by atoms with Gasteiger partial charge >= 0.3 is 5.69 Å². The molecule has 2 aromatic rings. The SMILES string of the molecule is CCn1c(C2CCCN(Cc3c(Cl)cncc3Cl)C2)nn(C)c1=O. The fourth-order valence-corrected chi connectivity index (χ4v) is 3.83. The van der Waals surface area contributed by atoms with Crippen LogP contribution in [0.4, 0.5) is 0 Å².